The number of nitrogens with one attached hydrogen (secondary N) is 1. The summed E-state index contributed by atoms with van der Waals surface area (Å²) in [7, 11) is 0. The van der Waals surface area contributed by atoms with Crippen molar-refractivity contribution in [1.29, 1.82) is 0 Å². The zero-order valence-electron chi connectivity index (χ0n) is 12.3. The standard InChI is InChI=1S/C15H10F6N2OS/c16-14(17,18)8-25-11-4-2-1-3-10(11)23-13(24)9-5-6-12(22-7-9)15(19,20)21/h1-7H,8H2,(H,23,24). The molecule has 1 amide bonds. The molecule has 134 valence electrons. The van der Waals surface area contributed by atoms with Gasteiger partial charge in [0.2, 0.25) is 0 Å². The third kappa shape index (κ3) is 5.66. The molecule has 2 aromatic rings. The maximum atomic E-state index is 12.4. The number of hydrogen-bond donors (Lipinski definition) is 1. The number of halogens is 6. The average molecular weight is 380 g/mol. The first-order valence-corrected chi connectivity index (χ1v) is 7.68. The Morgan fingerprint density at radius 3 is 2.28 bits per heavy atom. The molecule has 0 aliphatic heterocycles. The highest BCUT2D eigenvalue weighted by Crippen LogP contribution is 2.32. The zero-order valence-corrected chi connectivity index (χ0v) is 13.1. The van der Waals surface area contributed by atoms with Gasteiger partial charge in [-0.3, -0.25) is 9.78 Å². The van der Waals surface area contributed by atoms with E-state index in [4.69, 9.17) is 0 Å². The molecule has 1 aromatic carbocycles. The van der Waals surface area contributed by atoms with Gasteiger partial charge in [0.25, 0.3) is 5.91 Å². The van der Waals surface area contributed by atoms with Crippen LogP contribution in [0.4, 0.5) is 32.0 Å². The smallest absolute Gasteiger partial charge is 0.321 e. The molecule has 1 aromatic heterocycles. The molecule has 0 atom stereocenters. The lowest BCUT2D eigenvalue weighted by atomic mass is 10.2. The monoisotopic (exact) mass is 380 g/mol. The molecule has 0 saturated carbocycles. The number of nitrogens with zero attached hydrogens (tertiary/aromatic N) is 1. The first-order valence-electron chi connectivity index (χ1n) is 6.69. The number of thioether (sulfide) groups is 1. The van der Waals surface area contributed by atoms with Crippen molar-refractivity contribution < 1.29 is 31.1 Å². The molecule has 0 aliphatic rings. The number of hydrogen-bond acceptors (Lipinski definition) is 3. The van der Waals surface area contributed by atoms with Crippen LogP contribution < -0.4 is 5.32 Å². The van der Waals surface area contributed by atoms with E-state index in [0.717, 1.165) is 12.3 Å². The summed E-state index contributed by atoms with van der Waals surface area (Å²) in [5.41, 5.74) is -1.17. The highest BCUT2D eigenvalue weighted by atomic mass is 32.2. The van der Waals surface area contributed by atoms with Gasteiger partial charge in [0.05, 0.1) is 17.0 Å². The maximum absolute atomic E-state index is 12.4. The van der Waals surface area contributed by atoms with E-state index in [-0.39, 0.29) is 16.1 Å². The van der Waals surface area contributed by atoms with Crippen molar-refractivity contribution in [3.8, 4) is 0 Å². The van der Waals surface area contributed by atoms with Crippen LogP contribution >= 0.6 is 11.8 Å². The van der Waals surface area contributed by atoms with Crippen LogP contribution in [0.25, 0.3) is 0 Å². The number of carbonyl (C=O) groups excluding carboxylic acids is 1. The van der Waals surface area contributed by atoms with E-state index in [1.165, 1.54) is 24.3 Å². The van der Waals surface area contributed by atoms with Gasteiger partial charge in [0.1, 0.15) is 5.69 Å². The number of anilines is 1. The molecule has 0 bridgehead atoms. The van der Waals surface area contributed by atoms with Gasteiger partial charge in [0, 0.05) is 11.1 Å². The Labute approximate surface area is 142 Å². The van der Waals surface area contributed by atoms with Crippen LogP contribution in [-0.4, -0.2) is 22.8 Å². The molecule has 1 heterocycles. The molecule has 1 N–H and O–H groups in total. The van der Waals surface area contributed by atoms with Gasteiger partial charge in [-0.25, -0.2) is 0 Å². The largest absolute Gasteiger partial charge is 0.433 e. The minimum atomic E-state index is -4.63. The minimum absolute atomic E-state index is 0.127. The molecule has 0 saturated heterocycles. The zero-order chi connectivity index (χ0) is 18.7. The van der Waals surface area contributed by atoms with Gasteiger partial charge < -0.3 is 5.32 Å². The molecule has 0 radical (unpaired) electrons. The van der Waals surface area contributed by atoms with Crippen molar-refractivity contribution in [2.75, 3.05) is 11.1 Å². The number of pyridine rings is 1. The molecular formula is C15H10F6N2OS. The van der Waals surface area contributed by atoms with E-state index >= 15 is 0 Å². The maximum Gasteiger partial charge on any atom is 0.433 e. The fourth-order valence-electron chi connectivity index (χ4n) is 1.75. The van der Waals surface area contributed by atoms with Crippen LogP contribution in [0.1, 0.15) is 16.1 Å². The van der Waals surface area contributed by atoms with Crippen molar-refractivity contribution in [2.45, 2.75) is 17.2 Å². The summed E-state index contributed by atoms with van der Waals surface area (Å²) in [6.45, 7) is 0. The summed E-state index contributed by atoms with van der Waals surface area (Å²) in [6.07, 6.45) is -8.25. The summed E-state index contributed by atoms with van der Waals surface area (Å²) in [4.78, 5) is 15.4. The number of alkyl halides is 6. The third-order valence-corrected chi connectivity index (χ3v) is 3.98. The van der Waals surface area contributed by atoms with Crippen LogP contribution in [0.3, 0.4) is 0 Å². The van der Waals surface area contributed by atoms with Crippen molar-refractivity contribution in [2.24, 2.45) is 0 Å². The molecule has 2 rings (SSSR count). The van der Waals surface area contributed by atoms with Gasteiger partial charge in [0.15, 0.2) is 0 Å². The Bertz CT molecular complexity index is 743. The average Bonchev–Trinajstić information content (AvgIpc) is 2.52. The molecule has 0 fully saturated rings. The SMILES string of the molecule is O=C(Nc1ccccc1SCC(F)(F)F)c1ccc(C(F)(F)F)nc1. The summed E-state index contributed by atoms with van der Waals surface area (Å²) in [6, 6.07) is 7.41. The number of benzene rings is 1. The topological polar surface area (TPSA) is 42.0 Å². The van der Waals surface area contributed by atoms with E-state index in [9.17, 15) is 31.1 Å². The normalized spacial score (nSPS) is 12.1. The predicted molar refractivity (Wildman–Crippen MR) is 80.4 cm³/mol. The third-order valence-electron chi connectivity index (χ3n) is 2.84. The fraction of sp³-hybridized carbons (Fsp3) is 0.200. The van der Waals surface area contributed by atoms with Crippen LogP contribution in [0.15, 0.2) is 47.5 Å². The van der Waals surface area contributed by atoms with E-state index < -0.39 is 29.7 Å². The number of para-hydroxylation sites is 1. The second-order valence-electron chi connectivity index (χ2n) is 4.78. The van der Waals surface area contributed by atoms with E-state index in [2.05, 4.69) is 10.3 Å². The summed E-state index contributed by atoms with van der Waals surface area (Å²) < 4.78 is 74.3. The second kappa shape index (κ2) is 7.34. The van der Waals surface area contributed by atoms with Crippen LogP contribution in [0.2, 0.25) is 0 Å². The van der Waals surface area contributed by atoms with Gasteiger partial charge in [-0.2, -0.15) is 26.3 Å². The number of carbonyl (C=O) groups is 1. The van der Waals surface area contributed by atoms with Crippen LogP contribution in [-0.2, 0) is 6.18 Å². The van der Waals surface area contributed by atoms with Gasteiger partial charge in [-0.1, -0.05) is 12.1 Å². The Kier molecular flexibility index (Phi) is 5.61. The Balaban J connectivity index is 2.13. The highest BCUT2D eigenvalue weighted by Gasteiger charge is 2.32. The summed E-state index contributed by atoms with van der Waals surface area (Å²) in [5, 5.41) is 2.37. The molecule has 10 heteroatoms. The van der Waals surface area contributed by atoms with Gasteiger partial charge in [-0.15, -0.1) is 11.8 Å². The summed E-state index contributed by atoms with van der Waals surface area (Å²) >= 11 is 0.493. The molecule has 0 unspecified atom stereocenters. The van der Waals surface area contributed by atoms with E-state index in [0.29, 0.717) is 17.8 Å². The lowest BCUT2D eigenvalue weighted by Gasteiger charge is -2.12. The van der Waals surface area contributed by atoms with Crippen molar-refractivity contribution in [3.05, 3.63) is 53.9 Å². The van der Waals surface area contributed by atoms with Crippen molar-refractivity contribution in [3.63, 3.8) is 0 Å². The molecule has 0 spiro atoms. The number of amides is 1. The highest BCUT2D eigenvalue weighted by molar-refractivity contribution is 7.99. The first kappa shape index (κ1) is 19.1. The predicted octanol–water partition coefficient (Wildman–Crippen LogP) is 5.01. The number of rotatable bonds is 4. The van der Waals surface area contributed by atoms with Crippen LogP contribution in [0.5, 0.6) is 0 Å². The lowest BCUT2D eigenvalue weighted by molar-refractivity contribution is -0.141. The first-order chi connectivity index (χ1) is 11.6. The minimum Gasteiger partial charge on any atom is -0.321 e. The number of aromatic nitrogens is 1. The second-order valence-corrected chi connectivity index (χ2v) is 5.80. The Morgan fingerprint density at radius 1 is 1.04 bits per heavy atom. The van der Waals surface area contributed by atoms with Crippen molar-refractivity contribution in [1.82, 2.24) is 4.98 Å². The van der Waals surface area contributed by atoms with E-state index in [1.54, 1.807) is 0 Å². The Hall–Kier alpha value is -2.23. The van der Waals surface area contributed by atoms with Crippen molar-refractivity contribution >= 4 is 23.4 Å². The molecule has 0 aliphatic carbocycles. The van der Waals surface area contributed by atoms with Gasteiger partial charge in [-0.05, 0) is 24.3 Å². The molecular weight excluding hydrogens is 370 g/mol. The molecule has 25 heavy (non-hydrogen) atoms. The lowest BCUT2D eigenvalue weighted by Crippen LogP contribution is -2.15. The molecule has 3 nitrogen and oxygen atoms in total. The summed E-state index contributed by atoms with van der Waals surface area (Å²) in [5.74, 6) is -1.91. The fourth-order valence-corrected chi connectivity index (χ4v) is 2.51. The Morgan fingerprint density at radius 2 is 1.72 bits per heavy atom. The van der Waals surface area contributed by atoms with Crippen LogP contribution in [0, 0.1) is 0 Å². The quantitative estimate of drug-likeness (QED) is 0.599. The van der Waals surface area contributed by atoms with Gasteiger partial charge >= 0.3 is 12.4 Å². The van der Waals surface area contributed by atoms with E-state index in [1.807, 2.05) is 0 Å².